The van der Waals surface area contributed by atoms with Gasteiger partial charge in [0.05, 0.1) is 23.8 Å². The number of amides is 1. The van der Waals surface area contributed by atoms with Gasteiger partial charge in [-0.25, -0.2) is 0 Å². The first-order valence-corrected chi connectivity index (χ1v) is 7.33. The van der Waals surface area contributed by atoms with E-state index in [-0.39, 0.29) is 17.1 Å². The Bertz CT molecular complexity index is 676. The highest BCUT2D eigenvalue weighted by Gasteiger charge is 2.18. The largest absolute Gasteiger partial charge is 0.496 e. The van der Waals surface area contributed by atoms with E-state index in [2.05, 4.69) is 5.32 Å². The van der Waals surface area contributed by atoms with Gasteiger partial charge in [0.1, 0.15) is 5.75 Å². The average Bonchev–Trinajstić information content (AvgIpc) is 2.52. The number of methoxy groups -OCH3 is 1. The van der Waals surface area contributed by atoms with Crippen LogP contribution in [0.15, 0.2) is 42.5 Å². The summed E-state index contributed by atoms with van der Waals surface area (Å²) >= 11 is 12.0. The van der Waals surface area contributed by atoms with Gasteiger partial charge in [-0.05, 0) is 18.2 Å². The summed E-state index contributed by atoms with van der Waals surface area (Å²) in [6, 6.07) is 11.9. The molecule has 1 atom stereocenters. The van der Waals surface area contributed by atoms with E-state index in [4.69, 9.17) is 27.9 Å². The Morgan fingerprint density at radius 3 is 2.55 bits per heavy atom. The maximum atomic E-state index is 12.2. The molecule has 0 heterocycles. The Labute approximate surface area is 138 Å². The van der Waals surface area contributed by atoms with Crippen LogP contribution in [0.3, 0.4) is 0 Å². The third-order valence-electron chi connectivity index (χ3n) is 3.14. The van der Waals surface area contributed by atoms with Crippen molar-refractivity contribution >= 4 is 29.1 Å². The lowest BCUT2D eigenvalue weighted by Gasteiger charge is -2.15. The third-order valence-corrected chi connectivity index (χ3v) is 3.80. The van der Waals surface area contributed by atoms with Gasteiger partial charge in [-0.3, -0.25) is 4.79 Å². The molecule has 2 N–H and O–H groups in total. The number of hydrogen-bond acceptors (Lipinski definition) is 3. The number of hydrogen-bond donors (Lipinski definition) is 2. The Morgan fingerprint density at radius 2 is 1.86 bits per heavy atom. The fraction of sp³-hybridized carbons (Fsp3) is 0.188. The topological polar surface area (TPSA) is 58.6 Å². The van der Waals surface area contributed by atoms with Crippen LogP contribution in [0.2, 0.25) is 10.0 Å². The number of aliphatic hydroxyl groups is 1. The molecule has 4 nitrogen and oxygen atoms in total. The number of aliphatic hydroxyl groups excluding tert-OH is 1. The zero-order valence-electron chi connectivity index (χ0n) is 11.8. The summed E-state index contributed by atoms with van der Waals surface area (Å²) in [5.41, 5.74) is 0.786. The number of carbonyl (C=O) groups is 1. The van der Waals surface area contributed by atoms with Gasteiger partial charge in [0.25, 0.3) is 5.91 Å². The highest BCUT2D eigenvalue weighted by atomic mass is 35.5. The van der Waals surface area contributed by atoms with Crippen LogP contribution < -0.4 is 10.1 Å². The minimum Gasteiger partial charge on any atom is -0.496 e. The van der Waals surface area contributed by atoms with Crippen molar-refractivity contribution in [3.8, 4) is 5.75 Å². The molecule has 2 rings (SSSR count). The minimum atomic E-state index is -0.911. The lowest BCUT2D eigenvalue weighted by Crippen LogP contribution is -2.29. The molecule has 116 valence electrons. The van der Waals surface area contributed by atoms with Crippen LogP contribution in [0.1, 0.15) is 22.0 Å². The predicted octanol–water partition coefficient (Wildman–Crippen LogP) is 3.47. The van der Waals surface area contributed by atoms with Gasteiger partial charge in [-0.15, -0.1) is 0 Å². The van der Waals surface area contributed by atoms with Crippen molar-refractivity contribution in [3.05, 3.63) is 63.6 Å². The number of benzene rings is 2. The van der Waals surface area contributed by atoms with Crippen LogP contribution >= 0.6 is 23.2 Å². The van der Waals surface area contributed by atoms with E-state index in [1.165, 1.54) is 7.11 Å². The van der Waals surface area contributed by atoms with Crippen LogP contribution in [0.4, 0.5) is 0 Å². The van der Waals surface area contributed by atoms with Crippen molar-refractivity contribution in [1.82, 2.24) is 5.32 Å². The lowest BCUT2D eigenvalue weighted by molar-refractivity contribution is 0.0913. The van der Waals surface area contributed by atoms with Crippen molar-refractivity contribution in [3.63, 3.8) is 0 Å². The Hall–Kier alpha value is -1.75. The molecular weight excluding hydrogens is 325 g/mol. The Kier molecular flexibility index (Phi) is 5.66. The fourth-order valence-corrected chi connectivity index (χ4v) is 2.54. The number of rotatable bonds is 5. The molecule has 0 aliphatic carbocycles. The second-order valence-corrected chi connectivity index (χ2v) is 5.38. The quantitative estimate of drug-likeness (QED) is 0.876. The molecule has 0 aliphatic rings. The van der Waals surface area contributed by atoms with Gasteiger partial charge >= 0.3 is 0 Å². The van der Waals surface area contributed by atoms with E-state index in [1.807, 2.05) is 0 Å². The molecule has 0 bridgehead atoms. The van der Waals surface area contributed by atoms with Gasteiger partial charge in [0, 0.05) is 17.1 Å². The molecular formula is C16H15Cl2NO3. The van der Waals surface area contributed by atoms with E-state index < -0.39 is 12.0 Å². The standard InChI is InChI=1S/C16H15Cl2NO3/c1-22-14-8-4-7-12(18)15(14)16(21)19-9-13(20)10-5-2-3-6-11(10)17/h2-8,13,20H,9H2,1H3,(H,19,21). The van der Waals surface area contributed by atoms with Crippen molar-refractivity contribution in [2.24, 2.45) is 0 Å². The lowest BCUT2D eigenvalue weighted by atomic mass is 10.1. The Morgan fingerprint density at radius 1 is 1.18 bits per heavy atom. The molecule has 22 heavy (non-hydrogen) atoms. The highest BCUT2D eigenvalue weighted by Crippen LogP contribution is 2.26. The Balaban J connectivity index is 2.09. The van der Waals surface area contributed by atoms with E-state index in [0.717, 1.165) is 0 Å². The first-order chi connectivity index (χ1) is 10.5. The summed E-state index contributed by atoms with van der Waals surface area (Å²) in [6.45, 7) is 0.0109. The van der Waals surface area contributed by atoms with Crippen LogP contribution in [0.25, 0.3) is 0 Å². The molecule has 0 radical (unpaired) electrons. The molecule has 2 aromatic rings. The minimum absolute atomic E-state index is 0.0109. The zero-order valence-corrected chi connectivity index (χ0v) is 13.4. The predicted molar refractivity (Wildman–Crippen MR) is 86.7 cm³/mol. The summed E-state index contributed by atoms with van der Waals surface area (Å²) in [4.78, 5) is 12.2. The maximum absolute atomic E-state index is 12.2. The van der Waals surface area contributed by atoms with Crippen LogP contribution in [0.5, 0.6) is 5.75 Å². The normalized spacial score (nSPS) is 11.8. The van der Waals surface area contributed by atoms with Crippen molar-refractivity contribution in [2.75, 3.05) is 13.7 Å². The maximum Gasteiger partial charge on any atom is 0.256 e. The molecule has 2 aromatic carbocycles. The van der Waals surface area contributed by atoms with Crippen molar-refractivity contribution in [1.29, 1.82) is 0 Å². The van der Waals surface area contributed by atoms with Gasteiger partial charge in [-0.1, -0.05) is 47.5 Å². The molecule has 0 saturated carbocycles. The summed E-state index contributed by atoms with van der Waals surface area (Å²) in [7, 11) is 1.46. The summed E-state index contributed by atoms with van der Waals surface area (Å²) in [5, 5.41) is 13.5. The second kappa shape index (κ2) is 7.49. The summed E-state index contributed by atoms with van der Waals surface area (Å²) < 4.78 is 5.13. The molecule has 0 saturated heterocycles. The number of nitrogens with one attached hydrogen (secondary N) is 1. The molecule has 6 heteroatoms. The van der Waals surface area contributed by atoms with E-state index in [1.54, 1.807) is 42.5 Å². The van der Waals surface area contributed by atoms with E-state index in [9.17, 15) is 9.90 Å². The number of ether oxygens (including phenoxy) is 1. The average molecular weight is 340 g/mol. The summed E-state index contributed by atoms with van der Waals surface area (Å²) in [5.74, 6) is -0.0502. The zero-order chi connectivity index (χ0) is 16.1. The first kappa shape index (κ1) is 16.6. The van der Waals surface area contributed by atoms with Gasteiger partial charge < -0.3 is 15.2 Å². The third kappa shape index (κ3) is 3.71. The highest BCUT2D eigenvalue weighted by molar-refractivity contribution is 6.34. The van der Waals surface area contributed by atoms with E-state index in [0.29, 0.717) is 16.3 Å². The number of halogens is 2. The van der Waals surface area contributed by atoms with Gasteiger partial charge in [0.15, 0.2) is 0 Å². The molecule has 0 spiro atoms. The van der Waals surface area contributed by atoms with Crippen LogP contribution in [0, 0.1) is 0 Å². The molecule has 0 fully saturated rings. The number of carbonyl (C=O) groups excluding carboxylic acids is 1. The SMILES string of the molecule is COc1cccc(Cl)c1C(=O)NCC(O)c1ccccc1Cl. The first-order valence-electron chi connectivity index (χ1n) is 6.57. The van der Waals surface area contributed by atoms with Gasteiger partial charge in [0.2, 0.25) is 0 Å². The van der Waals surface area contributed by atoms with Crippen LogP contribution in [-0.2, 0) is 0 Å². The second-order valence-electron chi connectivity index (χ2n) is 4.56. The van der Waals surface area contributed by atoms with Crippen LogP contribution in [-0.4, -0.2) is 24.7 Å². The summed E-state index contributed by atoms with van der Waals surface area (Å²) in [6.07, 6.45) is -0.911. The van der Waals surface area contributed by atoms with Crippen molar-refractivity contribution < 1.29 is 14.6 Å². The van der Waals surface area contributed by atoms with Gasteiger partial charge in [-0.2, -0.15) is 0 Å². The monoisotopic (exact) mass is 339 g/mol. The fourth-order valence-electron chi connectivity index (χ4n) is 2.03. The molecule has 0 aliphatic heterocycles. The van der Waals surface area contributed by atoms with Crippen molar-refractivity contribution in [2.45, 2.75) is 6.10 Å². The smallest absolute Gasteiger partial charge is 0.256 e. The molecule has 1 amide bonds. The molecule has 0 aromatic heterocycles. The molecule has 1 unspecified atom stereocenters. The van der Waals surface area contributed by atoms with E-state index >= 15 is 0 Å².